The van der Waals surface area contributed by atoms with Crippen LogP contribution in [0.1, 0.15) is 129 Å². The van der Waals surface area contributed by atoms with Gasteiger partial charge in [-0.3, -0.25) is 14.4 Å². The summed E-state index contributed by atoms with van der Waals surface area (Å²) in [5, 5.41) is 0. The van der Waals surface area contributed by atoms with E-state index in [2.05, 4.69) is 0 Å². The fourth-order valence-corrected chi connectivity index (χ4v) is 4.58. The van der Waals surface area contributed by atoms with E-state index in [1.807, 2.05) is 98.7 Å². The van der Waals surface area contributed by atoms with Gasteiger partial charge in [0.15, 0.2) is 36.2 Å². The monoisotopic (exact) mass is 570 g/mol. The predicted molar refractivity (Wildman–Crippen MR) is 162 cm³/mol. The second-order valence-electron chi connectivity index (χ2n) is 14.0. The summed E-state index contributed by atoms with van der Waals surface area (Å²) in [5.41, 5.74) is 2.56. The summed E-state index contributed by atoms with van der Waals surface area (Å²) in [6, 6.07) is 21.7. The lowest BCUT2D eigenvalue weighted by Crippen LogP contribution is -2.27. The third kappa shape index (κ3) is 7.12. The van der Waals surface area contributed by atoms with Crippen molar-refractivity contribution in [3.8, 4) is 0 Å². The molecule has 0 unspecified atom stereocenters. The summed E-state index contributed by atoms with van der Waals surface area (Å²) < 4.78 is 18.9. The van der Waals surface area contributed by atoms with Crippen LogP contribution >= 0.6 is 0 Å². The van der Waals surface area contributed by atoms with Crippen molar-refractivity contribution in [2.45, 2.75) is 81.2 Å². The first-order valence-corrected chi connectivity index (χ1v) is 14.4. The Hall–Kier alpha value is -3.45. The molecular formula is C36H42O6. The molecule has 1 aliphatic heterocycles. The smallest absolute Gasteiger partial charge is 0.190 e. The maximum atomic E-state index is 12.8. The number of carbonyl (C=O) groups is 3. The Morgan fingerprint density at radius 1 is 0.405 bits per heavy atom. The molecule has 0 saturated carbocycles. The molecule has 4 rings (SSSR count). The van der Waals surface area contributed by atoms with E-state index in [0.717, 1.165) is 16.7 Å². The molecule has 0 bridgehead atoms. The Labute approximate surface area is 249 Å². The van der Waals surface area contributed by atoms with Gasteiger partial charge in [0.05, 0.1) is 0 Å². The molecule has 3 aromatic carbocycles. The number of benzene rings is 3. The zero-order valence-electron chi connectivity index (χ0n) is 26.1. The van der Waals surface area contributed by atoms with Gasteiger partial charge in [-0.2, -0.15) is 0 Å². The van der Waals surface area contributed by atoms with Crippen LogP contribution in [0.3, 0.4) is 0 Å². The maximum Gasteiger partial charge on any atom is 0.190 e. The van der Waals surface area contributed by atoms with E-state index in [0.29, 0.717) is 16.7 Å². The van der Waals surface area contributed by atoms with Crippen molar-refractivity contribution in [2.24, 2.45) is 16.2 Å². The van der Waals surface area contributed by atoms with Gasteiger partial charge in [0, 0.05) is 49.6 Å². The van der Waals surface area contributed by atoms with Gasteiger partial charge in [-0.25, -0.2) is 0 Å². The van der Waals surface area contributed by atoms with Crippen LogP contribution in [0.2, 0.25) is 0 Å². The van der Waals surface area contributed by atoms with Crippen LogP contribution in [-0.2, 0) is 14.2 Å². The minimum absolute atomic E-state index is 0.0494. The molecule has 0 spiro atoms. The van der Waals surface area contributed by atoms with E-state index < -0.39 is 35.1 Å². The first kappa shape index (κ1) is 31.5. The molecule has 6 heteroatoms. The van der Waals surface area contributed by atoms with Gasteiger partial charge in [-0.15, -0.1) is 0 Å². The summed E-state index contributed by atoms with van der Waals surface area (Å²) in [4.78, 5) is 38.3. The number of ether oxygens (including phenoxy) is 3. The first-order chi connectivity index (χ1) is 19.4. The molecule has 0 aliphatic carbocycles. The molecule has 0 radical (unpaired) electrons. The predicted octanol–water partition coefficient (Wildman–Crippen LogP) is 8.83. The summed E-state index contributed by atoms with van der Waals surface area (Å²) in [6.07, 6.45) is -2.38. The molecule has 3 aromatic rings. The zero-order valence-corrected chi connectivity index (χ0v) is 26.1. The number of Topliss-reactive ketones (excluding diaryl/α,β-unsaturated/α-hetero) is 3. The minimum Gasteiger partial charge on any atom is -0.315 e. The molecule has 0 N–H and O–H groups in total. The van der Waals surface area contributed by atoms with Crippen molar-refractivity contribution < 1.29 is 28.6 Å². The molecule has 1 saturated heterocycles. The molecule has 6 nitrogen and oxygen atoms in total. The van der Waals surface area contributed by atoms with E-state index in [1.54, 1.807) is 36.4 Å². The third-order valence-electron chi connectivity index (χ3n) is 7.12. The molecule has 1 heterocycles. The van der Waals surface area contributed by atoms with Crippen LogP contribution in [0.4, 0.5) is 0 Å². The average Bonchev–Trinajstić information content (AvgIpc) is 2.94. The molecular weight excluding hydrogens is 528 g/mol. The van der Waals surface area contributed by atoms with Crippen molar-refractivity contribution in [1.29, 1.82) is 0 Å². The highest BCUT2D eigenvalue weighted by Gasteiger charge is 2.35. The Bertz CT molecular complexity index is 1240. The third-order valence-corrected chi connectivity index (χ3v) is 7.12. The number of carbonyl (C=O) groups excluding carboxylic acids is 3. The SMILES string of the molecule is CC(C)(C)C(=O)c1ccc(C2OC(c3ccc(C(=O)C(C)(C)C)cc3)OC(c3ccc(C(=O)C(C)(C)C)cc3)O2)cc1. The van der Waals surface area contributed by atoms with Crippen molar-refractivity contribution in [3.63, 3.8) is 0 Å². The highest BCUT2D eigenvalue weighted by atomic mass is 16.9. The van der Waals surface area contributed by atoms with Gasteiger partial charge in [-0.1, -0.05) is 135 Å². The molecule has 222 valence electrons. The lowest BCUT2D eigenvalue weighted by molar-refractivity contribution is -0.397. The second kappa shape index (κ2) is 11.7. The van der Waals surface area contributed by atoms with Crippen LogP contribution in [0.15, 0.2) is 72.8 Å². The van der Waals surface area contributed by atoms with Crippen LogP contribution in [-0.4, -0.2) is 17.3 Å². The Morgan fingerprint density at radius 3 is 0.762 bits per heavy atom. The Kier molecular flexibility index (Phi) is 8.75. The lowest BCUT2D eigenvalue weighted by atomic mass is 9.86. The number of rotatable bonds is 6. The van der Waals surface area contributed by atoms with Gasteiger partial charge < -0.3 is 14.2 Å². The second-order valence-corrected chi connectivity index (χ2v) is 14.0. The summed E-state index contributed by atoms with van der Waals surface area (Å²) >= 11 is 0. The quantitative estimate of drug-likeness (QED) is 0.276. The Balaban J connectivity index is 1.65. The van der Waals surface area contributed by atoms with Crippen molar-refractivity contribution in [3.05, 3.63) is 106 Å². The van der Waals surface area contributed by atoms with Crippen molar-refractivity contribution >= 4 is 17.3 Å². The van der Waals surface area contributed by atoms with E-state index in [4.69, 9.17) is 14.2 Å². The van der Waals surface area contributed by atoms with Crippen LogP contribution < -0.4 is 0 Å². The van der Waals surface area contributed by atoms with Gasteiger partial charge >= 0.3 is 0 Å². The van der Waals surface area contributed by atoms with Crippen LogP contribution in [0.25, 0.3) is 0 Å². The van der Waals surface area contributed by atoms with Gasteiger partial charge in [0.25, 0.3) is 0 Å². The zero-order chi connectivity index (χ0) is 31.0. The summed E-state index contributed by atoms with van der Waals surface area (Å²) in [5.74, 6) is 0.148. The number of hydrogen-bond acceptors (Lipinski definition) is 6. The summed E-state index contributed by atoms with van der Waals surface area (Å²) in [6.45, 7) is 17.0. The Morgan fingerprint density at radius 2 is 0.595 bits per heavy atom. The largest absolute Gasteiger partial charge is 0.315 e. The van der Waals surface area contributed by atoms with E-state index in [1.165, 1.54) is 0 Å². The normalized spacial score (nSPS) is 19.8. The molecule has 42 heavy (non-hydrogen) atoms. The lowest BCUT2D eigenvalue weighted by Gasteiger charge is -2.36. The topological polar surface area (TPSA) is 78.9 Å². The molecule has 1 fully saturated rings. The van der Waals surface area contributed by atoms with Crippen molar-refractivity contribution in [1.82, 2.24) is 0 Å². The van der Waals surface area contributed by atoms with Gasteiger partial charge in [-0.05, 0) is 0 Å². The van der Waals surface area contributed by atoms with Crippen molar-refractivity contribution in [2.75, 3.05) is 0 Å². The molecule has 0 amide bonds. The molecule has 0 atom stereocenters. The molecule has 1 aliphatic rings. The van der Waals surface area contributed by atoms with Gasteiger partial charge in [0.2, 0.25) is 0 Å². The fraction of sp³-hybridized carbons (Fsp3) is 0.417. The van der Waals surface area contributed by atoms with E-state index in [-0.39, 0.29) is 17.3 Å². The minimum atomic E-state index is -0.792. The van der Waals surface area contributed by atoms with Crippen LogP contribution in [0.5, 0.6) is 0 Å². The van der Waals surface area contributed by atoms with Crippen LogP contribution in [0, 0.1) is 16.2 Å². The highest BCUT2D eigenvalue weighted by molar-refractivity contribution is 6.00. The first-order valence-electron chi connectivity index (χ1n) is 14.4. The highest BCUT2D eigenvalue weighted by Crippen LogP contribution is 2.42. The molecule has 0 aromatic heterocycles. The standard InChI is InChI=1S/C36H42O6/c1-34(2,3)28(37)22-10-16-25(17-11-22)31-40-32(26-18-12-23(13-19-26)29(38)35(4,5)6)42-33(41-31)27-20-14-24(15-21-27)30(39)36(7,8)9/h10-21,31-33H,1-9H3. The van der Waals surface area contributed by atoms with E-state index in [9.17, 15) is 14.4 Å². The average molecular weight is 571 g/mol. The number of hydrogen-bond donors (Lipinski definition) is 0. The fourth-order valence-electron chi connectivity index (χ4n) is 4.58. The van der Waals surface area contributed by atoms with E-state index >= 15 is 0 Å². The number of ketones is 3. The van der Waals surface area contributed by atoms with Gasteiger partial charge in [0.1, 0.15) is 0 Å². The summed E-state index contributed by atoms with van der Waals surface area (Å²) in [7, 11) is 0. The maximum absolute atomic E-state index is 12.8.